The molecule has 5 rings (SSSR count). The molecule has 1 N–H and O–H groups in total. The summed E-state index contributed by atoms with van der Waals surface area (Å²) in [5.41, 5.74) is 1.81. The summed E-state index contributed by atoms with van der Waals surface area (Å²) in [6, 6.07) is 7.88. The molecule has 6 heteroatoms. The average Bonchev–Trinajstić information content (AvgIpc) is 2.80. The molecule has 1 aromatic heterocycles. The zero-order valence-corrected chi connectivity index (χ0v) is 17.4. The number of methoxy groups -OCH3 is 1. The highest BCUT2D eigenvalue weighted by Gasteiger charge is 2.44. The Bertz CT molecular complexity index is 944. The monoisotopic (exact) mass is 407 g/mol. The van der Waals surface area contributed by atoms with E-state index < -0.39 is 12.2 Å². The van der Waals surface area contributed by atoms with E-state index in [0.29, 0.717) is 18.4 Å². The van der Waals surface area contributed by atoms with E-state index >= 15 is 0 Å². The molecule has 2 bridgehead atoms. The molecule has 2 aromatic rings. The maximum Gasteiger partial charge on any atom is 0.408 e. The molecule has 6 nitrogen and oxygen atoms in total. The van der Waals surface area contributed by atoms with Crippen LogP contribution in [-0.4, -0.2) is 48.8 Å². The van der Waals surface area contributed by atoms with Gasteiger partial charge in [-0.25, -0.2) is 4.79 Å². The molecule has 2 unspecified atom stereocenters. The Labute approximate surface area is 177 Å². The molecule has 158 valence electrons. The number of alkyl carbamates (subject to hydrolysis) is 1. The fourth-order valence-corrected chi connectivity index (χ4v) is 4.88. The van der Waals surface area contributed by atoms with E-state index in [2.05, 4.69) is 34.4 Å². The number of rotatable bonds is 7. The number of hydrogen-bond donors (Lipinski definition) is 1. The van der Waals surface area contributed by atoms with Crippen molar-refractivity contribution in [2.75, 3.05) is 26.7 Å². The van der Waals surface area contributed by atoms with Gasteiger partial charge < -0.3 is 14.8 Å². The number of piperidine rings is 3. The summed E-state index contributed by atoms with van der Waals surface area (Å²) in [5, 5.41) is 3.70. The highest BCUT2D eigenvalue weighted by Crippen LogP contribution is 2.43. The van der Waals surface area contributed by atoms with Gasteiger partial charge in [0.25, 0.3) is 0 Å². The topological polar surface area (TPSA) is 63.7 Å². The molecule has 30 heavy (non-hydrogen) atoms. The molecule has 3 saturated heterocycles. The number of nitrogens with one attached hydrogen (secondary N) is 1. The largest absolute Gasteiger partial charge is 0.497 e. The maximum atomic E-state index is 12.6. The lowest BCUT2D eigenvalue weighted by molar-refractivity contribution is -0.0496. The predicted molar refractivity (Wildman–Crippen MR) is 117 cm³/mol. The van der Waals surface area contributed by atoms with Gasteiger partial charge in [0.1, 0.15) is 11.9 Å². The fourth-order valence-electron chi connectivity index (χ4n) is 4.88. The zero-order chi connectivity index (χ0) is 21.1. The Kier molecular flexibility index (Phi) is 6.04. The zero-order valence-electron chi connectivity index (χ0n) is 17.4. The van der Waals surface area contributed by atoms with E-state index in [1.54, 1.807) is 19.4 Å². The Morgan fingerprint density at radius 2 is 2.27 bits per heavy atom. The summed E-state index contributed by atoms with van der Waals surface area (Å²) >= 11 is 0. The lowest BCUT2D eigenvalue weighted by atomic mass is 9.73. The Hall–Kier alpha value is -2.86. The Balaban J connectivity index is 1.73. The van der Waals surface area contributed by atoms with Gasteiger partial charge in [0.05, 0.1) is 18.7 Å². The number of amides is 1. The number of hydrogen-bond acceptors (Lipinski definition) is 5. The molecule has 3 aliphatic rings. The third kappa shape index (κ3) is 3.92. The molecule has 1 amide bonds. The van der Waals surface area contributed by atoms with Crippen LogP contribution in [-0.2, 0) is 4.74 Å². The number of benzene rings is 1. The Morgan fingerprint density at radius 3 is 2.97 bits per heavy atom. The summed E-state index contributed by atoms with van der Waals surface area (Å²) < 4.78 is 11.5. The molecular weight excluding hydrogens is 378 g/mol. The third-order valence-corrected chi connectivity index (χ3v) is 6.42. The second-order valence-electron chi connectivity index (χ2n) is 8.03. The van der Waals surface area contributed by atoms with Crippen LogP contribution in [0.4, 0.5) is 4.79 Å². The van der Waals surface area contributed by atoms with E-state index in [9.17, 15) is 4.79 Å². The lowest BCUT2D eigenvalue weighted by Gasteiger charge is -2.51. The summed E-state index contributed by atoms with van der Waals surface area (Å²) in [7, 11) is 1.65. The normalized spacial score (nSPS) is 26.0. The molecule has 3 aliphatic heterocycles. The van der Waals surface area contributed by atoms with Crippen molar-refractivity contribution in [1.29, 1.82) is 0 Å². The van der Waals surface area contributed by atoms with E-state index in [-0.39, 0.29) is 6.04 Å². The van der Waals surface area contributed by atoms with E-state index in [1.807, 2.05) is 24.3 Å². The summed E-state index contributed by atoms with van der Waals surface area (Å²) in [4.78, 5) is 19.5. The minimum atomic E-state index is -0.435. The van der Waals surface area contributed by atoms with Crippen molar-refractivity contribution in [2.24, 2.45) is 11.8 Å². The lowest BCUT2D eigenvalue weighted by Crippen LogP contribution is -2.55. The van der Waals surface area contributed by atoms with Gasteiger partial charge in [0.15, 0.2) is 0 Å². The van der Waals surface area contributed by atoms with E-state index in [4.69, 9.17) is 9.47 Å². The summed E-state index contributed by atoms with van der Waals surface area (Å²) in [6.45, 7) is 10.0. The van der Waals surface area contributed by atoms with Crippen LogP contribution in [0.3, 0.4) is 0 Å². The maximum absolute atomic E-state index is 12.6. The van der Waals surface area contributed by atoms with Gasteiger partial charge in [-0.15, -0.1) is 13.2 Å². The number of carbonyl (C=O) groups excluding carboxylic acids is 1. The quantitative estimate of drug-likeness (QED) is 0.701. The molecular formula is C24H29N3O3. The molecule has 5 atom stereocenters. The SMILES string of the molecule is C=CCNC(=O)O[C@H](c1ccnc2ccc(OC)cc12)[C@@H]1CC2CCN1C[C@@H]2C=C. The second kappa shape index (κ2) is 8.88. The molecule has 0 radical (unpaired) electrons. The van der Waals surface area contributed by atoms with Gasteiger partial charge >= 0.3 is 6.09 Å². The standard InChI is InChI=1S/C24H29N3O3/c1-4-10-26-24(28)30-23(22-13-17-9-12-27(22)15-16(17)5-2)19-8-11-25-21-7-6-18(29-3)14-20(19)21/h4-8,11,14,16-17,22-23H,1-2,9-10,12-13,15H2,3H3,(H,26,28)/t16-,17?,22-,23+/m0/s1. The van der Waals surface area contributed by atoms with Gasteiger partial charge in [0.2, 0.25) is 0 Å². The van der Waals surface area contributed by atoms with Gasteiger partial charge in [-0.3, -0.25) is 9.88 Å². The predicted octanol–water partition coefficient (Wildman–Crippen LogP) is 4.09. The van der Waals surface area contributed by atoms with Crippen LogP contribution in [0.25, 0.3) is 10.9 Å². The smallest absolute Gasteiger partial charge is 0.408 e. The van der Waals surface area contributed by atoms with Crippen molar-refractivity contribution in [3.05, 3.63) is 61.3 Å². The first-order valence-electron chi connectivity index (χ1n) is 10.5. The Morgan fingerprint density at radius 1 is 1.40 bits per heavy atom. The van der Waals surface area contributed by atoms with Crippen LogP contribution >= 0.6 is 0 Å². The average molecular weight is 408 g/mol. The highest BCUT2D eigenvalue weighted by atomic mass is 16.6. The van der Waals surface area contributed by atoms with E-state index in [0.717, 1.165) is 48.1 Å². The van der Waals surface area contributed by atoms with E-state index in [1.165, 1.54) is 0 Å². The highest BCUT2D eigenvalue weighted by molar-refractivity contribution is 5.84. The van der Waals surface area contributed by atoms with Crippen LogP contribution < -0.4 is 10.1 Å². The van der Waals surface area contributed by atoms with Crippen LogP contribution in [0.15, 0.2) is 55.8 Å². The third-order valence-electron chi connectivity index (χ3n) is 6.42. The molecule has 4 heterocycles. The number of carbonyl (C=O) groups is 1. The molecule has 0 spiro atoms. The second-order valence-corrected chi connectivity index (χ2v) is 8.03. The number of fused-ring (bicyclic) bond motifs is 4. The van der Waals surface area contributed by atoms with Crippen molar-refractivity contribution >= 4 is 17.0 Å². The van der Waals surface area contributed by atoms with Crippen molar-refractivity contribution in [2.45, 2.75) is 25.0 Å². The van der Waals surface area contributed by atoms with Crippen LogP contribution in [0.5, 0.6) is 5.75 Å². The fraction of sp³-hybridized carbons (Fsp3) is 0.417. The van der Waals surface area contributed by atoms with Gasteiger partial charge in [-0.1, -0.05) is 12.2 Å². The van der Waals surface area contributed by atoms with Gasteiger partial charge in [0, 0.05) is 30.2 Å². The first-order valence-corrected chi connectivity index (χ1v) is 10.5. The van der Waals surface area contributed by atoms with Crippen molar-refractivity contribution in [1.82, 2.24) is 15.2 Å². The molecule has 0 aliphatic carbocycles. The first kappa shape index (κ1) is 20.4. The number of nitrogens with zero attached hydrogens (tertiary/aromatic N) is 2. The molecule has 3 fully saturated rings. The van der Waals surface area contributed by atoms with Crippen molar-refractivity contribution in [3.8, 4) is 5.75 Å². The minimum absolute atomic E-state index is 0.117. The summed E-state index contributed by atoms with van der Waals surface area (Å²) in [6.07, 6.45) is 6.80. The summed E-state index contributed by atoms with van der Waals surface area (Å²) in [5.74, 6) is 1.82. The van der Waals surface area contributed by atoms with Crippen LogP contribution in [0, 0.1) is 11.8 Å². The number of ether oxygens (including phenoxy) is 2. The molecule has 1 aromatic carbocycles. The number of pyridine rings is 1. The van der Waals surface area contributed by atoms with Crippen molar-refractivity contribution in [3.63, 3.8) is 0 Å². The number of aromatic nitrogens is 1. The molecule has 0 saturated carbocycles. The minimum Gasteiger partial charge on any atom is -0.497 e. The van der Waals surface area contributed by atoms with Crippen molar-refractivity contribution < 1.29 is 14.3 Å². The van der Waals surface area contributed by atoms with Gasteiger partial charge in [-0.05, 0) is 55.5 Å². The van der Waals surface area contributed by atoms with Gasteiger partial charge in [-0.2, -0.15) is 0 Å². The first-order chi connectivity index (χ1) is 14.6. The van der Waals surface area contributed by atoms with Crippen LogP contribution in [0.2, 0.25) is 0 Å². The van der Waals surface area contributed by atoms with Crippen LogP contribution in [0.1, 0.15) is 24.5 Å².